The van der Waals surface area contributed by atoms with Crippen molar-refractivity contribution in [1.29, 1.82) is 0 Å². The van der Waals surface area contributed by atoms with Gasteiger partial charge in [0.05, 0.1) is 12.4 Å². The number of hydrogen-bond donors (Lipinski definition) is 0. The zero-order chi connectivity index (χ0) is 6.97. The molecule has 0 aromatic heterocycles. The minimum Gasteiger partial charge on any atom is -0.498 e. The van der Waals surface area contributed by atoms with E-state index < -0.39 is 0 Å². The van der Waals surface area contributed by atoms with Crippen molar-refractivity contribution in [2.24, 2.45) is 11.8 Å². The zero-order valence-electron chi connectivity index (χ0n) is 6.31. The third-order valence-electron chi connectivity index (χ3n) is 2.81. The van der Waals surface area contributed by atoms with Gasteiger partial charge in [0.2, 0.25) is 0 Å². The molecule has 1 aliphatic heterocycles. The van der Waals surface area contributed by atoms with Gasteiger partial charge in [-0.15, -0.1) is 0 Å². The van der Waals surface area contributed by atoms with Gasteiger partial charge in [0.1, 0.15) is 0 Å². The summed E-state index contributed by atoms with van der Waals surface area (Å²) < 4.78 is 5.41. The third-order valence-corrected chi connectivity index (χ3v) is 2.81. The largest absolute Gasteiger partial charge is 0.498 e. The summed E-state index contributed by atoms with van der Waals surface area (Å²) in [5, 5.41) is 0. The van der Waals surface area contributed by atoms with Gasteiger partial charge in [-0.25, -0.2) is 0 Å². The standard InChI is InChI=1S/C9H14O/c1-7-9-5-3-2-4-8(9)6-10-7/h8-9H,1-6H2/t8-,9+/m1/s1. The Labute approximate surface area is 62.1 Å². The van der Waals surface area contributed by atoms with Crippen molar-refractivity contribution in [1.82, 2.24) is 0 Å². The van der Waals surface area contributed by atoms with Gasteiger partial charge in [-0.1, -0.05) is 19.4 Å². The lowest BCUT2D eigenvalue weighted by Crippen LogP contribution is -2.15. The van der Waals surface area contributed by atoms with Crippen LogP contribution in [-0.4, -0.2) is 6.61 Å². The molecule has 2 atom stereocenters. The first kappa shape index (κ1) is 6.26. The minimum absolute atomic E-state index is 0.716. The Morgan fingerprint density at radius 2 is 2.10 bits per heavy atom. The second kappa shape index (κ2) is 2.30. The van der Waals surface area contributed by atoms with Crippen LogP contribution in [0.15, 0.2) is 12.3 Å². The molecular formula is C9H14O. The Hall–Kier alpha value is -0.460. The van der Waals surface area contributed by atoms with E-state index in [1.807, 2.05) is 0 Å². The highest BCUT2D eigenvalue weighted by Gasteiger charge is 2.33. The molecule has 0 bridgehead atoms. The van der Waals surface area contributed by atoms with Gasteiger partial charge in [0, 0.05) is 11.8 Å². The summed E-state index contributed by atoms with van der Waals surface area (Å²) >= 11 is 0. The van der Waals surface area contributed by atoms with Crippen LogP contribution in [-0.2, 0) is 4.74 Å². The van der Waals surface area contributed by atoms with Crippen LogP contribution in [0.3, 0.4) is 0 Å². The molecule has 0 N–H and O–H groups in total. The fraction of sp³-hybridized carbons (Fsp3) is 0.778. The maximum Gasteiger partial charge on any atom is 0.0923 e. The van der Waals surface area contributed by atoms with Gasteiger partial charge >= 0.3 is 0 Å². The lowest BCUT2D eigenvalue weighted by Gasteiger charge is -2.21. The van der Waals surface area contributed by atoms with E-state index in [9.17, 15) is 0 Å². The van der Waals surface area contributed by atoms with E-state index in [0.717, 1.165) is 18.3 Å². The predicted octanol–water partition coefficient (Wildman–Crippen LogP) is 2.34. The number of hydrogen-bond acceptors (Lipinski definition) is 1. The van der Waals surface area contributed by atoms with Crippen molar-refractivity contribution in [3.8, 4) is 0 Å². The Bertz CT molecular complexity index is 151. The second-order valence-corrected chi connectivity index (χ2v) is 3.43. The average molecular weight is 138 g/mol. The normalized spacial score (nSPS) is 39.0. The molecule has 1 heteroatoms. The van der Waals surface area contributed by atoms with Gasteiger partial charge in [0.15, 0.2) is 0 Å². The van der Waals surface area contributed by atoms with Crippen LogP contribution in [0.5, 0.6) is 0 Å². The highest BCUT2D eigenvalue weighted by Crippen LogP contribution is 2.39. The topological polar surface area (TPSA) is 9.23 Å². The number of ether oxygens (including phenoxy) is 1. The van der Waals surface area contributed by atoms with Crippen molar-refractivity contribution >= 4 is 0 Å². The summed E-state index contributed by atoms with van der Waals surface area (Å²) in [7, 11) is 0. The van der Waals surface area contributed by atoms with Crippen molar-refractivity contribution in [3.05, 3.63) is 12.3 Å². The predicted molar refractivity (Wildman–Crippen MR) is 40.5 cm³/mol. The molecule has 1 nitrogen and oxygen atoms in total. The average Bonchev–Trinajstić information content (AvgIpc) is 2.34. The molecule has 0 unspecified atom stereocenters. The van der Waals surface area contributed by atoms with Crippen LogP contribution in [0.4, 0.5) is 0 Å². The van der Waals surface area contributed by atoms with Crippen molar-refractivity contribution in [3.63, 3.8) is 0 Å². The molecular weight excluding hydrogens is 124 g/mol. The van der Waals surface area contributed by atoms with Crippen LogP contribution in [0, 0.1) is 11.8 Å². The first-order chi connectivity index (χ1) is 4.88. The summed E-state index contributed by atoms with van der Waals surface area (Å²) in [6, 6.07) is 0. The van der Waals surface area contributed by atoms with Crippen LogP contribution < -0.4 is 0 Å². The van der Waals surface area contributed by atoms with Gasteiger partial charge < -0.3 is 4.74 Å². The molecule has 1 heterocycles. The molecule has 1 saturated carbocycles. The second-order valence-electron chi connectivity index (χ2n) is 3.43. The summed E-state index contributed by atoms with van der Waals surface area (Å²) in [6.45, 7) is 4.86. The fourth-order valence-corrected chi connectivity index (χ4v) is 2.15. The molecule has 2 fully saturated rings. The summed E-state index contributed by atoms with van der Waals surface area (Å²) in [4.78, 5) is 0. The van der Waals surface area contributed by atoms with Crippen LogP contribution in [0.1, 0.15) is 25.7 Å². The minimum atomic E-state index is 0.716. The van der Waals surface area contributed by atoms with Crippen molar-refractivity contribution < 1.29 is 4.74 Å². The monoisotopic (exact) mass is 138 g/mol. The van der Waals surface area contributed by atoms with Crippen LogP contribution >= 0.6 is 0 Å². The van der Waals surface area contributed by atoms with Gasteiger partial charge in [0.25, 0.3) is 0 Å². The molecule has 1 aliphatic carbocycles. The number of allylic oxidation sites excluding steroid dienone is 1. The molecule has 0 aromatic carbocycles. The van der Waals surface area contributed by atoms with E-state index in [1.165, 1.54) is 25.7 Å². The third kappa shape index (κ3) is 0.845. The quantitative estimate of drug-likeness (QED) is 0.499. The highest BCUT2D eigenvalue weighted by atomic mass is 16.5. The van der Waals surface area contributed by atoms with E-state index in [-0.39, 0.29) is 0 Å². The molecule has 1 saturated heterocycles. The molecule has 0 radical (unpaired) electrons. The van der Waals surface area contributed by atoms with Crippen LogP contribution in [0.2, 0.25) is 0 Å². The molecule has 2 aliphatic rings. The Morgan fingerprint density at radius 1 is 1.30 bits per heavy atom. The molecule has 10 heavy (non-hydrogen) atoms. The lowest BCUT2D eigenvalue weighted by atomic mass is 9.81. The van der Waals surface area contributed by atoms with E-state index >= 15 is 0 Å². The van der Waals surface area contributed by atoms with Crippen molar-refractivity contribution in [2.75, 3.05) is 6.61 Å². The summed E-state index contributed by atoms with van der Waals surface area (Å²) in [5.41, 5.74) is 0. The van der Waals surface area contributed by atoms with E-state index in [1.54, 1.807) is 0 Å². The molecule has 0 aromatic rings. The van der Waals surface area contributed by atoms with Gasteiger partial charge in [-0.05, 0) is 12.8 Å². The summed E-state index contributed by atoms with van der Waals surface area (Å²) in [6.07, 6.45) is 5.47. The Balaban J connectivity index is 2.08. The molecule has 2 rings (SSSR count). The first-order valence-corrected chi connectivity index (χ1v) is 4.19. The zero-order valence-corrected chi connectivity index (χ0v) is 6.31. The molecule has 0 amide bonds. The number of fused-ring (bicyclic) bond motifs is 1. The first-order valence-electron chi connectivity index (χ1n) is 4.19. The van der Waals surface area contributed by atoms with Crippen molar-refractivity contribution in [2.45, 2.75) is 25.7 Å². The number of rotatable bonds is 0. The smallest absolute Gasteiger partial charge is 0.0923 e. The van der Waals surface area contributed by atoms with E-state index in [0.29, 0.717) is 5.92 Å². The molecule has 0 spiro atoms. The maximum absolute atomic E-state index is 5.41. The maximum atomic E-state index is 5.41. The summed E-state index contributed by atoms with van der Waals surface area (Å²) in [5.74, 6) is 2.60. The van der Waals surface area contributed by atoms with Gasteiger partial charge in [-0.3, -0.25) is 0 Å². The highest BCUT2D eigenvalue weighted by molar-refractivity contribution is 5.01. The molecule has 56 valence electrons. The Kier molecular flexibility index (Phi) is 1.44. The van der Waals surface area contributed by atoms with Crippen LogP contribution in [0.25, 0.3) is 0 Å². The van der Waals surface area contributed by atoms with Gasteiger partial charge in [-0.2, -0.15) is 0 Å². The Morgan fingerprint density at radius 3 is 2.90 bits per heavy atom. The van der Waals surface area contributed by atoms with E-state index in [2.05, 4.69) is 6.58 Å². The van der Waals surface area contributed by atoms with E-state index in [4.69, 9.17) is 4.74 Å². The fourth-order valence-electron chi connectivity index (χ4n) is 2.15. The SMILES string of the molecule is C=C1OC[C@H]2CCCC[C@@H]12. The lowest BCUT2D eigenvalue weighted by molar-refractivity contribution is 0.235.